The van der Waals surface area contributed by atoms with Gasteiger partial charge in [-0.2, -0.15) is 0 Å². The Morgan fingerprint density at radius 3 is 2.00 bits per heavy atom. The molecule has 1 rings (SSSR count). The highest BCUT2D eigenvalue weighted by Gasteiger charge is 2.34. The van der Waals surface area contributed by atoms with Gasteiger partial charge in [-0.1, -0.05) is 64.2 Å². The van der Waals surface area contributed by atoms with Crippen LogP contribution >= 0.6 is 0 Å². The standard InChI is InChI=1S/C22H42O7/c1-17-19(24)16-20(25)22(29-17)28-14-12-10-8-6-4-2-3-5-7-9-11-13-18(23)15-21(26)27/h17-20,22-25H,2-16H2,1H3,(H,26,27). The summed E-state index contributed by atoms with van der Waals surface area (Å²) in [6, 6.07) is 0. The summed E-state index contributed by atoms with van der Waals surface area (Å²) >= 11 is 0. The molecule has 5 atom stereocenters. The van der Waals surface area contributed by atoms with Crippen molar-refractivity contribution in [2.24, 2.45) is 0 Å². The number of carboxylic acid groups (broad SMARTS) is 1. The van der Waals surface area contributed by atoms with Crippen LogP contribution in [0.3, 0.4) is 0 Å². The summed E-state index contributed by atoms with van der Waals surface area (Å²) in [4.78, 5) is 10.5. The molecule has 29 heavy (non-hydrogen) atoms. The van der Waals surface area contributed by atoms with Crippen molar-refractivity contribution < 1.29 is 34.7 Å². The monoisotopic (exact) mass is 418 g/mol. The van der Waals surface area contributed by atoms with E-state index < -0.39 is 30.6 Å². The molecule has 0 radical (unpaired) electrons. The first-order chi connectivity index (χ1) is 13.9. The molecule has 0 bridgehead atoms. The van der Waals surface area contributed by atoms with E-state index in [1.807, 2.05) is 0 Å². The summed E-state index contributed by atoms with van der Waals surface area (Å²) in [7, 11) is 0. The van der Waals surface area contributed by atoms with Crippen LogP contribution in [0.2, 0.25) is 0 Å². The quantitative estimate of drug-likeness (QED) is 0.268. The van der Waals surface area contributed by atoms with Crippen molar-refractivity contribution in [1.82, 2.24) is 0 Å². The van der Waals surface area contributed by atoms with Gasteiger partial charge in [0.25, 0.3) is 0 Å². The molecular weight excluding hydrogens is 376 g/mol. The second kappa shape index (κ2) is 16.0. The van der Waals surface area contributed by atoms with E-state index in [0.717, 1.165) is 32.1 Å². The molecule has 4 N–H and O–H groups in total. The molecular formula is C22H42O7. The van der Waals surface area contributed by atoms with Gasteiger partial charge in [-0.15, -0.1) is 0 Å². The molecule has 0 aromatic heterocycles. The van der Waals surface area contributed by atoms with Crippen LogP contribution < -0.4 is 0 Å². The van der Waals surface area contributed by atoms with Gasteiger partial charge in [0.1, 0.15) is 6.10 Å². The van der Waals surface area contributed by atoms with E-state index >= 15 is 0 Å². The zero-order valence-corrected chi connectivity index (χ0v) is 18.0. The topological polar surface area (TPSA) is 116 Å². The van der Waals surface area contributed by atoms with Crippen LogP contribution in [0.4, 0.5) is 0 Å². The number of aliphatic hydroxyl groups excluding tert-OH is 3. The van der Waals surface area contributed by atoms with Gasteiger partial charge in [-0.25, -0.2) is 0 Å². The van der Waals surface area contributed by atoms with Crippen molar-refractivity contribution in [3.05, 3.63) is 0 Å². The van der Waals surface area contributed by atoms with Gasteiger partial charge in [0.2, 0.25) is 0 Å². The Kier molecular flexibility index (Phi) is 14.5. The maximum Gasteiger partial charge on any atom is 0.305 e. The van der Waals surface area contributed by atoms with Crippen LogP contribution in [0.5, 0.6) is 0 Å². The van der Waals surface area contributed by atoms with Gasteiger partial charge in [0.15, 0.2) is 6.29 Å². The summed E-state index contributed by atoms with van der Waals surface area (Å²) in [5.74, 6) is -0.933. The van der Waals surface area contributed by atoms with E-state index in [1.165, 1.54) is 38.5 Å². The fraction of sp³-hybridized carbons (Fsp3) is 0.955. The van der Waals surface area contributed by atoms with Gasteiger partial charge in [0, 0.05) is 13.0 Å². The van der Waals surface area contributed by atoms with Crippen LogP contribution in [0, 0.1) is 0 Å². The molecule has 1 aliphatic heterocycles. The fourth-order valence-corrected chi connectivity index (χ4v) is 3.67. The molecule has 1 fully saturated rings. The zero-order chi connectivity index (χ0) is 21.5. The van der Waals surface area contributed by atoms with Crippen LogP contribution in [0.1, 0.15) is 96.8 Å². The largest absolute Gasteiger partial charge is 0.481 e. The second-order valence-electron chi connectivity index (χ2n) is 8.38. The third-order valence-corrected chi connectivity index (χ3v) is 5.56. The summed E-state index contributed by atoms with van der Waals surface area (Å²) in [5, 5.41) is 37.5. The SMILES string of the molecule is CC1OC(OCCCCCCCCCCCCCC(O)CC(=O)O)C(O)CC1O. The van der Waals surface area contributed by atoms with E-state index in [-0.39, 0.29) is 12.5 Å². The molecule has 0 amide bonds. The highest BCUT2D eigenvalue weighted by atomic mass is 16.7. The molecule has 1 saturated heterocycles. The van der Waals surface area contributed by atoms with Crippen molar-refractivity contribution in [1.29, 1.82) is 0 Å². The third-order valence-electron chi connectivity index (χ3n) is 5.56. The normalized spacial score (nSPS) is 25.8. The molecule has 0 aromatic carbocycles. The summed E-state index contributed by atoms with van der Waals surface area (Å²) in [6.07, 6.45) is 10.3. The van der Waals surface area contributed by atoms with Crippen LogP contribution in [-0.4, -0.2) is 63.7 Å². The maximum atomic E-state index is 10.5. The average molecular weight is 419 g/mol. The van der Waals surface area contributed by atoms with Crippen LogP contribution in [0.25, 0.3) is 0 Å². The van der Waals surface area contributed by atoms with Gasteiger partial charge >= 0.3 is 5.97 Å². The first-order valence-electron chi connectivity index (χ1n) is 11.4. The number of aliphatic carboxylic acids is 1. The Labute approximate surface area is 175 Å². The number of hydrogen-bond donors (Lipinski definition) is 4. The first kappa shape index (κ1) is 26.3. The molecule has 0 saturated carbocycles. The zero-order valence-electron chi connectivity index (χ0n) is 18.0. The minimum atomic E-state index is -0.933. The predicted octanol–water partition coefficient (Wildman–Crippen LogP) is 3.38. The van der Waals surface area contributed by atoms with Crippen molar-refractivity contribution in [3.8, 4) is 0 Å². The van der Waals surface area contributed by atoms with Crippen LogP contribution in [-0.2, 0) is 14.3 Å². The lowest BCUT2D eigenvalue weighted by molar-refractivity contribution is -0.261. The van der Waals surface area contributed by atoms with Crippen molar-refractivity contribution in [2.45, 2.75) is 128 Å². The highest BCUT2D eigenvalue weighted by molar-refractivity contribution is 5.67. The smallest absolute Gasteiger partial charge is 0.305 e. The van der Waals surface area contributed by atoms with Gasteiger partial charge < -0.3 is 29.9 Å². The molecule has 0 aromatic rings. The molecule has 1 heterocycles. The van der Waals surface area contributed by atoms with E-state index in [2.05, 4.69) is 0 Å². The first-order valence-corrected chi connectivity index (χ1v) is 11.4. The maximum absolute atomic E-state index is 10.5. The molecule has 5 unspecified atom stereocenters. The molecule has 0 aliphatic carbocycles. The molecule has 7 nitrogen and oxygen atoms in total. The van der Waals surface area contributed by atoms with Gasteiger partial charge in [0.05, 0.1) is 24.7 Å². The number of carbonyl (C=O) groups is 1. The number of hydrogen-bond acceptors (Lipinski definition) is 6. The van der Waals surface area contributed by atoms with E-state index in [4.69, 9.17) is 14.6 Å². The third kappa shape index (κ3) is 13.2. The molecule has 7 heteroatoms. The molecule has 172 valence electrons. The van der Waals surface area contributed by atoms with Crippen molar-refractivity contribution in [2.75, 3.05) is 6.61 Å². The van der Waals surface area contributed by atoms with Crippen molar-refractivity contribution >= 4 is 5.97 Å². The van der Waals surface area contributed by atoms with E-state index in [0.29, 0.717) is 19.4 Å². The number of aliphatic hydroxyl groups is 3. The Hall–Kier alpha value is -0.730. The lowest BCUT2D eigenvalue weighted by Gasteiger charge is -2.35. The lowest BCUT2D eigenvalue weighted by Crippen LogP contribution is -2.47. The summed E-state index contributed by atoms with van der Waals surface area (Å²) < 4.78 is 11.1. The Morgan fingerprint density at radius 2 is 1.45 bits per heavy atom. The summed E-state index contributed by atoms with van der Waals surface area (Å²) in [5.41, 5.74) is 0. The minimum absolute atomic E-state index is 0.147. The Bertz CT molecular complexity index is 418. The number of ether oxygens (including phenoxy) is 2. The lowest BCUT2D eigenvalue weighted by atomic mass is 10.0. The number of rotatable bonds is 17. The van der Waals surface area contributed by atoms with Gasteiger partial charge in [-0.05, 0) is 19.8 Å². The number of carboxylic acids is 1. The fourth-order valence-electron chi connectivity index (χ4n) is 3.67. The second-order valence-corrected chi connectivity index (χ2v) is 8.38. The highest BCUT2D eigenvalue weighted by Crippen LogP contribution is 2.21. The van der Waals surface area contributed by atoms with E-state index in [1.54, 1.807) is 6.92 Å². The van der Waals surface area contributed by atoms with Crippen molar-refractivity contribution in [3.63, 3.8) is 0 Å². The average Bonchev–Trinajstić information content (AvgIpc) is 2.65. The van der Waals surface area contributed by atoms with Crippen LogP contribution in [0.15, 0.2) is 0 Å². The predicted molar refractivity (Wildman–Crippen MR) is 111 cm³/mol. The summed E-state index contributed by atoms with van der Waals surface area (Å²) in [6.45, 7) is 2.37. The van der Waals surface area contributed by atoms with Gasteiger partial charge in [-0.3, -0.25) is 4.79 Å². The minimum Gasteiger partial charge on any atom is -0.481 e. The number of unbranched alkanes of at least 4 members (excludes halogenated alkanes) is 10. The Balaban J connectivity index is 1.81. The van der Waals surface area contributed by atoms with E-state index in [9.17, 15) is 20.1 Å². The molecule has 1 aliphatic rings. The molecule has 0 spiro atoms. The Morgan fingerprint density at radius 1 is 0.931 bits per heavy atom.